The topological polar surface area (TPSA) is 101 Å². The fourth-order valence-corrected chi connectivity index (χ4v) is 7.12. The molecule has 2 aromatic heterocycles. The number of nitrogens with one attached hydrogen (secondary N) is 1. The normalized spacial score (nSPS) is 18.7. The number of aromatic amines is 1. The van der Waals surface area contributed by atoms with Crippen LogP contribution in [0.3, 0.4) is 0 Å². The average Bonchev–Trinajstić information content (AvgIpc) is 3.82. The van der Waals surface area contributed by atoms with Gasteiger partial charge in [-0.2, -0.15) is 0 Å². The highest BCUT2D eigenvalue weighted by Crippen LogP contribution is 2.39. The van der Waals surface area contributed by atoms with Crippen LogP contribution in [0.15, 0.2) is 60.9 Å². The number of likely N-dealkylation sites (tertiary alicyclic amines) is 2. The third-order valence-electron chi connectivity index (χ3n) is 8.18. The van der Waals surface area contributed by atoms with Crippen molar-refractivity contribution < 1.29 is 19.1 Å². The average molecular weight is 642 g/mol. The van der Waals surface area contributed by atoms with Gasteiger partial charge in [-0.3, -0.25) is 9.80 Å². The van der Waals surface area contributed by atoms with E-state index in [1.165, 1.54) is 0 Å². The Balaban J connectivity index is 1.11. The molecule has 0 bridgehead atoms. The van der Waals surface area contributed by atoms with Crippen LogP contribution in [0.5, 0.6) is 0 Å². The van der Waals surface area contributed by atoms with Crippen molar-refractivity contribution in [1.82, 2.24) is 24.8 Å². The maximum Gasteiger partial charge on any atom is 0.410 e. The van der Waals surface area contributed by atoms with Crippen molar-refractivity contribution in [3.05, 3.63) is 71.8 Å². The van der Waals surface area contributed by atoms with Gasteiger partial charge in [0.15, 0.2) is 0 Å². The quantitative estimate of drug-likeness (QED) is 0.233. The number of carbonyl (C=O) groups is 2. The lowest BCUT2D eigenvalue weighted by Crippen LogP contribution is -2.36. The molecule has 0 radical (unpaired) electrons. The van der Waals surface area contributed by atoms with E-state index in [0.29, 0.717) is 13.1 Å². The van der Waals surface area contributed by atoms with Gasteiger partial charge in [0.25, 0.3) is 0 Å². The van der Waals surface area contributed by atoms with Gasteiger partial charge in [-0.25, -0.2) is 19.6 Å². The molecule has 0 aliphatic carbocycles. The highest BCUT2D eigenvalue weighted by Gasteiger charge is 2.36. The number of H-pyrrole nitrogens is 1. The van der Waals surface area contributed by atoms with Gasteiger partial charge in [0.2, 0.25) is 0 Å². The Labute approximate surface area is 275 Å². The van der Waals surface area contributed by atoms with Gasteiger partial charge < -0.3 is 14.5 Å². The Kier molecular flexibility index (Phi) is 8.67. The van der Waals surface area contributed by atoms with Gasteiger partial charge in [-0.05, 0) is 89.5 Å². The number of aromatic nitrogens is 3. The number of thiazole rings is 1. The summed E-state index contributed by atoms with van der Waals surface area (Å²) in [5.41, 5.74) is 4.23. The maximum atomic E-state index is 12.8. The lowest BCUT2D eigenvalue weighted by molar-refractivity contribution is 0.0210. The van der Waals surface area contributed by atoms with Crippen LogP contribution in [-0.2, 0) is 9.47 Å². The van der Waals surface area contributed by atoms with Crippen LogP contribution in [0.2, 0.25) is 0 Å². The molecule has 0 saturated carbocycles. The zero-order valence-electron chi connectivity index (χ0n) is 27.5. The molecule has 242 valence electrons. The molecule has 2 aliphatic rings. The summed E-state index contributed by atoms with van der Waals surface area (Å²) in [4.78, 5) is 43.0. The number of imidazole rings is 1. The summed E-state index contributed by atoms with van der Waals surface area (Å²) < 4.78 is 11.3. The Morgan fingerprint density at radius 2 is 1.22 bits per heavy atom. The molecule has 2 aliphatic heterocycles. The first-order chi connectivity index (χ1) is 21.8. The Bertz CT molecular complexity index is 1550. The molecule has 2 saturated heterocycles. The molecule has 1 N–H and O–H groups in total. The van der Waals surface area contributed by atoms with E-state index in [4.69, 9.17) is 14.5 Å². The zero-order chi connectivity index (χ0) is 32.6. The van der Waals surface area contributed by atoms with E-state index in [1.807, 2.05) is 58.8 Å². The van der Waals surface area contributed by atoms with Crippen LogP contribution in [0.4, 0.5) is 9.59 Å². The minimum atomic E-state index is -0.534. The number of ether oxygens (including phenoxy) is 2. The van der Waals surface area contributed by atoms with Gasteiger partial charge in [-0.15, -0.1) is 11.3 Å². The van der Waals surface area contributed by atoms with Crippen LogP contribution in [0.1, 0.15) is 90.1 Å². The highest BCUT2D eigenvalue weighted by molar-refractivity contribution is 7.15. The van der Waals surface area contributed by atoms with Gasteiger partial charge in [-0.1, -0.05) is 48.5 Å². The van der Waals surface area contributed by atoms with Gasteiger partial charge in [0, 0.05) is 19.3 Å². The largest absolute Gasteiger partial charge is 0.444 e. The van der Waals surface area contributed by atoms with E-state index < -0.39 is 11.2 Å². The van der Waals surface area contributed by atoms with Crippen molar-refractivity contribution in [1.29, 1.82) is 0 Å². The molecule has 10 heteroatoms. The van der Waals surface area contributed by atoms with E-state index in [2.05, 4.69) is 58.5 Å². The van der Waals surface area contributed by atoms with Crippen molar-refractivity contribution in [2.75, 3.05) is 13.1 Å². The summed E-state index contributed by atoms with van der Waals surface area (Å²) in [6.45, 7) is 12.7. The predicted octanol–water partition coefficient (Wildman–Crippen LogP) is 9.01. The van der Waals surface area contributed by atoms with Gasteiger partial charge in [0.1, 0.15) is 22.0 Å². The lowest BCUT2D eigenvalue weighted by atomic mass is 10.0. The summed E-state index contributed by atoms with van der Waals surface area (Å²) >= 11 is 1.64. The van der Waals surface area contributed by atoms with Crippen molar-refractivity contribution in [2.24, 2.45) is 0 Å². The second-order valence-electron chi connectivity index (χ2n) is 14.1. The minimum absolute atomic E-state index is 0.0422. The van der Waals surface area contributed by atoms with Crippen molar-refractivity contribution in [3.8, 4) is 32.8 Å². The molecule has 2 amide bonds. The zero-order valence-corrected chi connectivity index (χ0v) is 28.3. The molecule has 0 unspecified atom stereocenters. The van der Waals surface area contributed by atoms with Crippen molar-refractivity contribution in [2.45, 2.75) is 90.5 Å². The van der Waals surface area contributed by atoms with Crippen LogP contribution < -0.4 is 0 Å². The van der Waals surface area contributed by atoms with Crippen molar-refractivity contribution >= 4 is 23.5 Å². The first-order valence-electron chi connectivity index (χ1n) is 16.1. The molecular weight excluding hydrogens is 598 g/mol. The molecule has 46 heavy (non-hydrogen) atoms. The number of benzene rings is 2. The first-order valence-corrected chi connectivity index (χ1v) is 16.9. The van der Waals surface area contributed by atoms with E-state index >= 15 is 0 Å². The summed E-state index contributed by atoms with van der Waals surface area (Å²) in [7, 11) is 0. The summed E-state index contributed by atoms with van der Waals surface area (Å²) in [5, 5.41) is 0.950. The minimum Gasteiger partial charge on any atom is -0.444 e. The number of rotatable bonds is 5. The van der Waals surface area contributed by atoms with E-state index in [-0.39, 0.29) is 24.3 Å². The van der Waals surface area contributed by atoms with Gasteiger partial charge >= 0.3 is 12.2 Å². The number of carbonyl (C=O) groups excluding carboxylic acids is 2. The second kappa shape index (κ2) is 12.5. The fraction of sp³-hybridized carbons (Fsp3) is 0.444. The SMILES string of the molecule is CC(C)(C)OC(=O)N1CCC[C@H]1c1ncc(-c2ccc(-c3ccc(-c4cnc([C@@H]5CCCN5C(=O)OC(C)(C)C)s4)cc3)cc2)[nH]1. The summed E-state index contributed by atoms with van der Waals surface area (Å²) in [6, 6.07) is 16.8. The highest BCUT2D eigenvalue weighted by atomic mass is 32.1. The van der Waals surface area contributed by atoms with E-state index in [1.54, 1.807) is 16.2 Å². The number of hydrogen-bond donors (Lipinski definition) is 1. The molecule has 2 atom stereocenters. The monoisotopic (exact) mass is 641 g/mol. The number of amides is 2. The molecule has 2 fully saturated rings. The lowest BCUT2D eigenvalue weighted by Gasteiger charge is -2.27. The third-order valence-corrected chi connectivity index (χ3v) is 9.33. The van der Waals surface area contributed by atoms with Crippen LogP contribution in [0.25, 0.3) is 32.8 Å². The summed E-state index contributed by atoms with van der Waals surface area (Å²) in [6.07, 6.45) is 6.80. The standard InChI is InChI=1S/C36H43N5O4S/c1-35(2,3)44-33(42)40-19-7-9-28(40)31-37-21-27(39-31)25-15-11-23(12-16-25)24-13-17-26(18-14-24)30-22-38-32(46-30)29-10-8-20-41(29)34(43)45-36(4,5)6/h11-18,21-22,28-29H,7-10,19-20H2,1-6H3,(H,37,39)/t28-,29-/m0/s1. The molecule has 6 rings (SSSR count). The molecule has 4 heterocycles. The smallest absolute Gasteiger partial charge is 0.410 e. The van der Waals surface area contributed by atoms with Crippen LogP contribution >= 0.6 is 11.3 Å². The molecule has 4 aromatic rings. The van der Waals surface area contributed by atoms with E-state index in [9.17, 15) is 9.59 Å². The predicted molar refractivity (Wildman–Crippen MR) is 180 cm³/mol. The molecular formula is C36H43N5O4S. The molecule has 2 aromatic carbocycles. The van der Waals surface area contributed by atoms with Crippen LogP contribution in [-0.4, -0.2) is 61.2 Å². The Hall–Kier alpha value is -4.18. The third kappa shape index (κ3) is 7.12. The number of hydrogen-bond acceptors (Lipinski definition) is 7. The first kappa shape index (κ1) is 31.8. The molecule has 9 nitrogen and oxygen atoms in total. The molecule has 0 spiro atoms. The van der Waals surface area contributed by atoms with E-state index in [0.717, 1.165) is 69.3 Å². The van der Waals surface area contributed by atoms with Crippen LogP contribution in [0, 0.1) is 0 Å². The fourth-order valence-electron chi connectivity index (χ4n) is 6.05. The van der Waals surface area contributed by atoms with Crippen molar-refractivity contribution in [3.63, 3.8) is 0 Å². The Morgan fingerprint density at radius 1 is 0.717 bits per heavy atom. The second-order valence-corrected chi connectivity index (χ2v) is 15.1. The Morgan fingerprint density at radius 3 is 1.78 bits per heavy atom. The summed E-state index contributed by atoms with van der Waals surface area (Å²) in [5.74, 6) is 0.787. The maximum absolute atomic E-state index is 12.8. The number of nitrogens with zero attached hydrogens (tertiary/aromatic N) is 4. The van der Waals surface area contributed by atoms with Gasteiger partial charge in [0.05, 0.1) is 28.9 Å².